The fourth-order valence-electron chi connectivity index (χ4n) is 1.15. The van der Waals surface area contributed by atoms with E-state index >= 15 is 0 Å². The van der Waals surface area contributed by atoms with Gasteiger partial charge in [0.05, 0.1) is 0 Å². The van der Waals surface area contributed by atoms with Crippen LogP contribution in [0.3, 0.4) is 0 Å². The molecule has 0 aromatic carbocycles. The topological polar surface area (TPSA) is 25.8 Å². The van der Waals surface area contributed by atoms with Crippen molar-refractivity contribution in [1.29, 1.82) is 0 Å². The van der Waals surface area contributed by atoms with E-state index in [1.807, 2.05) is 6.07 Å². The second kappa shape index (κ2) is 3.69. The highest BCUT2D eigenvalue weighted by molar-refractivity contribution is 5.35. The summed E-state index contributed by atoms with van der Waals surface area (Å²) in [5.74, 6) is 0.710. The maximum Gasteiger partial charge on any atom is 0.151 e. The predicted molar refractivity (Wildman–Crippen MR) is 55.3 cm³/mol. The maximum atomic E-state index is 4.35. The summed E-state index contributed by atoms with van der Waals surface area (Å²) in [6.45, 7) is 10.2. The Kier molecular flexibility index (Phi) is 2.81. The van der Waals surface area contributed by atoms with Gasteiger partial charge in [-0.05, 0) is 24.0 Å². The van der Waals surface area contributed by atoms with E-state index in [0.717, 1.165) is 12.1 Å². The largest absolute Gasteiger partial charge is 0.237 e. The first kappa shape index (κ1) is 9.90. The third kappa shape index (κ3) is 3.36. The molecule has 1 aromatic rings. The van der Waals surface area contributed by atoms with Gasteiger partial charge in [-0.15, -0.1) is 0 Å². The Labute approximate surface area is 79.7 Å². The summed E-state index contributed by atoms with van der Waals surface area (Å²) in [4.78, 5) is 8.41. The molecule has 2 nitrogen and oxygen atoms in total. The van der Waals surface area contributed by atoms with E-state index in [9.17, 15) is 0 Å². The van der Waals surface area contributed by atoms with E-state index in [-0.39, 0.29) is 5.41 Å². The van der Waals surface area contributed by atoms with E-state index in [1.54, 1.807) is 12.3 Å². The zero-order valence-electron chi connectivity index (χ0n) is 8.54. The van der Waals surface area contributed by atoms with Crippen LogP contribution in [-0.2, 0) is 6.42 Å². The van der Waals surface area contributed by atoms with Gasteiger partial charge in [-0.1, -0.05) is 27.4 Å². The molecule has 2 heteroatoms. The van der Waals surface area contributed by atoms with Crippen LogP contribution < -0.4 is 0 Å². The van der Waals surface area contributed by atoms with E-state index < -0.39 is 0 Å². The van der Waals surface area contributed by atoms with E-state index in [1.165, 1.54) is 0 Å². The summed E-state index contributed by atoms with van der Waals surface area (Å²) in [6, 6.07) is 1.96. The van der Waals surface area contributed by atoms with Gasteiger partial charge in [-0.25, -0.2) is 9.97 Å². The molecule has 0 N–H and O–H groups in total. The molecule has 0 aliphatic heterocycles. The number of rotatable bonds is 2. The normalized spacial score (nSPS) is 11.3. The highest BCUT2D eigenvalue weighted by Gasteiger charge is 2.12. The molecule has 0 bridgehead atoms. The molecule has 0 saturated heterocycles. The average Bonchev–Trinajstić information content (AvgIpc) is 2.01. The molecule has 0 saturated carbocycles. The molecule has 1 aromatic heterocycles. The van der Waals surface area contributed by atoms with Gasteiger partial charge in [-0.2, -0.15) is 0 Å². The molecule has 70 valence electrons. The van der Waals surface area contributed by atoms with Crippen LogP contribution in [0.1, 0.15) is 32.3 Å². The van der Waals surface area contributed by atoms with Crippen LogP contribution >= 0.6 is 0 Å². The Hall–Kier alpha value is -1.18. The lowest BCUT2D eigenvalue weighted by Gasteiger charge is -2.17. The molecule has 0 aliphatic carbocycles. The standard InChI is InChI=1S/C11H16N2/c1-5-10-12-7-6-9(13-10)8-11(2,3)4/h5-7H,1,8H2,2-4H3. The van der Waals surface area contributed by atoms with Crippen LogP contribution in [0.4, 0.5) is 0 Å². The van der Waals surface area contributed by atoms with Crippen molar-refractivity contribution in [3.8, 4) is 0 Å². The van der Waals surface area contributed by atoms with Crippen molar-refractivity contribution in [3.05, 3.63) is 30.4 Å². The monoisotopic (exact) mass is 176 g/mol. The van der Waals surface area contributed by atoms with E-state index in [4.69, 9.17) is 0 Å². The SMILES string of the molecule is C=Cc1nccc(CC(C)(C)C)n1. The fraction of sp³-hybridized carbons (Fsp3) is 0.455. The molecule has 1 heterocycles. The summed E-state index contributed by atoms with van der Waals surface area (Å²) in [7, 11) is 0. The molecule has 1 rings (SSSR count). The Balaban J connectivity index is 2.84. The highest BCUT2D eigenvalue weighted by Crippen LogP contribution is 2.18. The predicted octanol–water partition coefficient (Wildman–Crippen LogP) is 2.71. The van der Waals surface area contributed by atoms with Crippen molar-refractivity contribution in [2.24, 2.45) is 5.41 Å². The van der Waals surface area contributed by atoms with Crippen molar-refractivity contribution in [3.63, 3.8) is 0 Å². The first-order valence-corrected chi connectivity index (χ1v) is 4.46. The molecule has 0 amide bonds. The summed E-state index contributed by atoms with van der Waals surface area (Å²) in [5, 5.41) is 0. The molecular formula is C11H16N2. The van der Waals surface area contributed by atoms with Gasteiger partial charge in [0.15, 0.2) is 5.82 Å². The van der Waals surface area contributed by atoms with Crippen molar-refractivity contribution >= 4 is 6.08 Å². The molecule has 0 unspecified atom stereocenters. The van der Waals surface area contributed by atoms with Crippen LogP contribution in [0.5, 0.6) is 0 Å². The zero-order valence-corrected chi connectivity index (χ0v) is 8.54. The lowest BCUT2D eigenvalue weighted by Crippen LogP contribution is -2.11. The summed E-state index contributed by atoms with van der Waals surface area (Å²) >= 11 is 0. The molecule has 0 atom stereocenters. The second-order valence-corrected chi connectivity index (χ2v) is 4.35. The summed E-state index contributed by atoms with van der Waals surface area (Å²) in [6.07, 6.45) is 4.42. The van der Waals surface area contributed by atoms with Gasteiger partial charge in [-0.3, -0.25) is 0 Å². The zero-order chi connectivity index (χ0) is 9.90. The van der Waals surface area contributed by atoms with Crippen LogP contribution in [0, 0.1) is 5.41 Å². The minimum atomic E-state index is 0.271. The van der Waals surface area contributed by atoms with Crippen molar-refractivity contribution in [1.82, 2.24) is 9.97 Å². The van der Waals surface area contributed by atoms with Gasteiger partial charge in [0.2, 0.25) is 0 Å². The van der Waals surface area contributed by atoms with Gasteiger partial charge in [0.25, 0.3) is 0 Å². The summed E-state index contributed by atoms with van der Waals surface area (Å²) < 4.78 is 0. The maximum absolute atomic E-state index is 4.35. The van der Waals surface area contributed by atoms with E-state index in [2.05, 4.69) is 37.3 Å². The number of hydrogen-bond acceptors (Lipinski definition) is 2. The lowest BCUT2D eigenvalue weighted by atomic mass is 9.90. The smallest absolute Gasteiger partial charge is 0.151 e. The van der Waals surface area contributed by atoms with Crippen LogP contribution in [0.2, 0.25) is 0 Å². The van der Waals surface area contributed by atoms with E-state index in [0.29, 0.717) is 5.82 Å². The van der Waals surface area contributed by atoms with Gasteiger partial charge in [0, 0.05) is 11.9 Å². The Bertz CT molecular complexity index is 297. The Morgan fingerprint density at radius 2 is 2.15 bits per heavy atom. The first-order chi connectivity index (χ1) is 6.01. The summed E-state index contributed by atoms with van der Waals surface area (Å²) in [5.41, 5.74) is 1.35. The highest BCUT2D eigenvalue weighted by atomic mass is 14.9. The minimum absolute atomic E-state index is 0.271. The van der Waals surface area contributed by atoms with Crippen LogP contribution in [-0.4, -0.2) is 9.97 Å². The average molecular weight is 176 g/mol. The lowest BCUT2D eigenvalue weighted by molar-refractivity contribution is 0.406. The third-order valence-electron chi connectivity index (χ3n) is 1.63. The fourth-order valence-corrected chi connectivity index (χ4v) is 1.15. The number of aromatic nitrogens is 2. The van der Waals surface area contributed by atoms with Crippen molar-refractivity contribution in [2.75, 3.05) is 0 Å². The third-order valence-corrected chi connectivity index (χ3v) is 1.63. The molecule has 0 spiro atoms. The molecule has 0 aliphatic rings. The molecule has 13 heavy (non-hydrogen) atoms. The first-order valence-electron chi connectivity index (χ1n) is 4.46. The van der Waals surface area contributed by atoms with Crippen LogP contribution in [0.25, 0.3) is 6.08 Å². The minimum Gasteiger partial charge on any atom is -0.237 e. The second-order valence-electron chi connectivity index (χ2n) is 4.35. The number of nitrogens with zero attached hydrogens (tertiary/aromatic N) is 2. The molecule has 0 fully saturated rings. The molecule has 0 radical (unpaired) electrons. The van der Waals surface area contributed by atoms with Crippen molar-refractivity contribution < 1.29 is 0 Å². The van der Waals surface area contributed by atoms with Gasteiger partial charge < -0.3 is 0 Å². The molecular weight excluding hydrogens is 160 g/mol. The Morgan fingerprint density at radius 1 is 1.46 bits per heavy atom. The Morgan fingerprint density at radius 3 is 2.69 bits per heavy atom. The van der Waals surface area contributed by atoms with Gasteiger partial charge in [0.1, 0.15) is 0 Å². The van der Waals surface area contributed by atoms with Crippen molar-refractivity contribution in [2.45, 2.75) is 27.2 Å². The quantitative estimate of drug-likeness (QED) is 0.692. The number of hydrogen-bond donors (Lipinski definition) is 0. The van der Waals surface area contributed by atoms with Crippen LogP contribution in [0.15, 0.2) is 18.8 Å². The van der Waals surface area contributed by atoms with Gasteiger partial charge >= 0.3 is 0 Å².